The van der Waals surface area contributed by atoms with Gasteiger partial charge in [-0.2, -0.15) is 0 Å². The molecule has 7 nitrogen and oxygen atoms in total. The first-order valence-corrected chi connectivity index (χ1v) is 12.7. The van der Waals surface area contributed by atoms with Gasteiger partial charge >= 0.3 is 12.0 Å². The number of carboxylic acids is 1. The number of carbonyl (C=O) groups excluding carboxylic acids is 1. The molecule has 0 aromatic carbocycles. The number of carboxylic acid groups (broad SMARTS) is 1. The second kappa shape index (κ2) is 11.3. The van der Waals surface area contributed by atoms with Gasteiger partial charge in [0.1, 0.15) is 5.25 Å². The number of carbonyl (C=O) groups is 2. The molecule has 2 aliphatic rings. The van der Waals surface area contributed by atoms with Crippen molar-refractivity contribution in [1.82, 2.24) is 9.88 Å². The van der Waals surface area contributed by atoms with Gasteiger partial charge in [-0.1, -0.05) is 42.4 Å². The lowest BCUT2D eigenvalue weighted by Crippen LogP contribution is -2.51. The van der Waals surface area contributed by atoms with Gasteiger partial charge in [-0.3, -0.25) is 10.1 Å². The summed E-state index contributed by atoms with van der Waals surface area (Å²) in [5.41, 5.74) is 0. The van der Waals surface area contributed by atoms with Crippen LogP contribution in [0.2, 0.25) is 0 Å². The second-order valence-electron chi connectivity index (χ2n) is 8.10. The summed E-state index contributed by atoms with van der Waals surface area (Å²) in [6, 6.07) is 0.456. The molecule has 0 spiro atoms. The first kappa shape index (κ1) is 23.3. The number of rotatable bonds is 8. The third-order valence-electron chi connectivity index (χ3n) is 5.98. The average Bonchev–Trinajstić information content (AvgIpc) is 3.17. The van der Waals surface area contributed by atoms with Crippen LogP contribution in [-0.4, -0.2) is 57.0 Å². The first-order chi connectivity index (χ1) is 14.5. The smallest absolute Gasteiger partial charge is 0.324 e. The summed E-state index contributed by atoms with van der Waals surface area (Å²) in [7, 11) is 0. The normalized spacial score (nSPS) is 23.7. The van der Waals surface area contributed by atoms with E-state index in [0.717, 1.165) is 49.3 Å². The highest BCUT2D eigenvalue weighted by Gasteiger charge is 2.34. The Morgan fingerprint density at radius 1 is 1.23 bits per heavy atom. The third-order valence-corrected chi connectivity index (χ3v) is 8.12. The summed E-state index contributed by atoms with van der Waals surface area (Å²) in [5, 5.41) is 12.1. The number of hydrogen-bond donors (Lipinski definition) is 2. The minimum absolute atomic E-state index is 0.0704. The van der Waals surface area contributed by atoms with Crippen molar-refractivity contribution in [2.45, 2.75) is 99.3 Å². The summed E-state index contributed by atoms with van der Waals surface area (Å²) in [4.78, 5) is 30.8. The van der Waals surface area contributed by atoms with Gasteiger partial charge in [0.05, 0.1) is 16.5 Å². The third kappa shape index (κ3) is 6.34. The van der Waals surface area contributed by atoms with Gasteiger partial charge in [0.25, 0.3) is 0 Å². The lowest BCUT2D eigenvalue weighted by Gasteiger charge is -2.42. The van der Waals surface area contributed by atoms with Crippen molar-refractivity contribution in [3.8, 4) is 0 Å². The number of nitrogens with one attached hydrogen (secondary N) is 1. The highest BCUT2D eigenvalue weighted by atomic mass is 32.2. The van der Waals surface area contributed by atoms with E-state index in [1.807, 2.05) is 6.92 Å². The van der Waals surface area contributed by atoms with Crippen molar-refractivity contribution in [1.29, 1.82) is 0 Å². The SMILES string of the molecule is CCO[C@H]1CC[C@H](N(C(=O)Nc2ncc(SC(C)C(=O)O)s2)C2CCCCC2)CC1. The summed E-state index contributed by atoms with van der Waals surface area (Å²) in [5.74, 6) is -0.856. The van der Waals surface area contributed by atoms with Gasteiger partial charge in [0.15, 0.2) is 5.13 Å². The van der Waals surface area contributed by atoms with Crippen LogP contribution in [0.15, 0.2) is 10.4 Å². The largest absolute Gasteiger partial charge is 0.480 e. The fourth-order valence-corrected chi connectivity index (χ4v) is 6.43. The minimum atomic E-state index is -0.856. The van der Waals surface area contributed by atoms with Crippen LogP contribution >= 0.6 is 23.1 Å². The fourth-order valence-electron chi connectivity index (χ4n) is 4.47. The highest BCUT2D eigenvalue weighted by molar-refractivity contribution is 8.02. The molecule has 30 heavy (non-hydrogen) atoms. The predicted octanol–water partition coefficient (Wildman–Crippen LogP) is 5.22. The van der Waals surface area contributed by atoms with Crippen LogP contribution in [0.5, 0.6) is 0 Å². The topological polar surface area (TPSA) is 91.8 Å². The fraction of sp³-hybridized carbons (Fsp3) is 0.762. The maximum atomic E-state index is 13.3. The van der Waals surface area contributed by atoms with Gasteiger partial charge in [-0.25, -0.2) is 9.78 Å². The quantitative estimate of drug-likeness (QED) is 0.522. The summed E-state index contributed by atoms with van der Waals surface area (Å²) < 4.78 is 6.59. The molecular formula is C21H33N3O4S2. The van der Waals surface area contributed by atoms with Gasteiger partial charge < -0.3 is 14.7 Å². The van der Waals surface area contributed by atoms with Crippen molar-refractivity contribution in [3.05, 3.63) is 6.20 Å². The standard InChI is InChI=1S/C21H33N3O4S2/c1-3-28-17-11-9-16(10-12-17)24(15-7-5-4-6-8-15)21(27)23-20-22-13-18(30-20)29-14(2)19(25)26/h13-17H,3-12H2,1-2H3,(H,25,26)(H,22,23,27)/t14?,16-,17-. The first-order valence-electron chi connectivity index (χ1n) is 11.0. The van der Waals surface area contributed by atoms with Crippen molar-refractivity contribution in [3.63, 3.8) is 0 Å². The summed E-state index contributed by atoms with van der Waals surface area (Å²) in [6.45, 7) is 4.42. The number of urea groups is 1. The average molecular weight is 456 g/mol. The van der Waals surface area contributed by atoms with E-state index in [1.165, 1.54) is 42.4 Å². The molecular weight excluding hydrogens is 422 g/mol. The Bertz CT molecular complexity index is 700. The molecule has 0 radical (unpaired) electrons. The Morgan fingerprint density at radius 2 is 1.90 bits per heavy atom. The number of amides is 2. The Morgan fingerprint density at radius 3 is 2.53 bits per heavy atom. The van der Waals surface area contributed by atoms with Crippen LogP contribution in [-0.2, 0) is 9.53 Å². The molecule has 0 saturated heterocycles. The van der Waals surface area contributed by atoms with E-state index < -0.39 is 11.2 Å². The second-order valence-corrected chi connectivity index (χ2v) is 10.8. The highest BCUT2D eigenvalue weighted by Crippen LogP contribution is 2.34. The predicted molar refractivity (Wildman–Crippen MR) is 120 cm³/mol. The number of hydrogen-bond acceptors (Lipinski definition) is 6. The zero-order valence-corrected chi connectivity index (χ0v) is 19.5. The van der Waals surface area contributed by atoms with Gasteiger partial charge in [-0.05, 0) is 52.4 Å². The molecule has 168 valence electrons. The number of anilines is 1. The maximum absolute atomic E-state index is 13.3. The molecule has 1 unspecified atom stereocenters. The lowest BCUT2D eigenvalue weighted by molar-refractivity contribution is -0.136. The molecule has 1 heterocycles. The molecule has 0 aliphatic heterocycles. The zero-order valence-electron chi connectivity index (χ0n) is 17.8. The summed E-state index contributed by atoms with van der Waals surface area (Å²) >= 11 is 2.58. The van der Waals surface area contributed by atoms with Crippen LogP contribution in [0.3, 0.4) is 0 Å². The van der Waals surface area contributed by atoms with E-state index in [2.05, 4.69) is 15.2 Å². The molecule has 2 saturated carbocycles. The van der Waals surface area contributed by atoms with Gasteiger partial charge in [0, 0.05) is 18.7 Å². The van der Waals surface area contributed by atoms with Crippen molar-refractivity contribution >= 4 is 40.2 Å². The molecule has 9 heteroatoms. The van der Waals surface area contributed by atoms with Crippen LogP contribution in [0.4, 0.5) is 9.93 Å². The van der Waals surface area contributed by atoms with Crippen molar-refractivity contribution < 1.29 is 19.4 Å². The number of aliphatic carboxylic acids is 1. The number of aromatic nitrogens is 1. The van der Waals surface area contributed by atoms with Crippen molar-refractivity contribution in [2.75, 3.05) is 11.9 Å². The van der Waals surface area contributed by atoms with E-state index in [9.17, 15) is 9.59 Å². The summed E-state index contributed by atoms with van der Waals surface area (Å²) in [6.07, 6.45) is 11.6. The number of ether oxygens (including phenoxy) is 1. The monoisotopic (exact) mass is 455 g/mol. The minimum Gasteiger partial charge on any atom is -0.480 e. The van der Waals surface area contributed by atoms with E-state index in [-0.39, 0.29) is 18.1 Å². The maximum Gasteiger partial charge on any atom is 0.324 e. The Labute approximate surface area is 187 Å². The lowest BCUT2D eigenvalue weighted by atomic mass is 9.88. The molecule has 1 aromatic heterocycles. The van der Waals surface area contributed by atoms with Crippen molar-refractivity contribution in [2.24, 2.45) is 0 Å². The molecule has 2 aliphatic carbocycles. The number of thioether (sulfide) groups is 1. The molecule has 1 aromatic rings. The molecule has 2 amide bonds. The van der Waals surface area contributed by atoms with E-state index in [0.29, 0.717) is 11.2 Å². The van der Waals surface area contributed by atoms with Crippen LogP contribution in [0.1, 0.15) is 71.6 Å². The molecule has 1 atom stereocenters. The Kier molecular flexibility index (Phi) is 8.83. The molecule has 3 rings (SSSR count). The molecule has 2 fully saturated rings. The van der Waals surface area contributed by atoms with Crippen LogP contribution in [0, 0.1) is 0 Å². The van der Waals surface area contributed by atoms with E-state index >= 15 is 0 Å². The van der Waals surface area contributed by atoms with Crippen LogP contribution < -0.4 is 5.32 Å². The number of thiazole rings is 1. The zero-order chi connectivity index (χ0) is 21.5. The molecule has 2 N–H and O–H groups in total. The Hall–Kier alpha value is -1.32. The number of nitrogens with zero attached hydrogens (tertiary/aromatic N) is 2. The van der Waals surface area contributed by atoms with Gasteiger partial charge in [-0.15, -0.1) is 0 Å². The Balaban J connectivity index is 1.65. The van der Waals surface area contributed by atoms with E-state index in [4.69, 9.17) is 9.84 Å². The van der Waals surface area contributed by atoms with E-state index in [1.54, 1.807) is 13.1 Å². The van der Waals surface area contributed by atoms with Gasteiger partial charge in [0.2, 0.25) is 0 Å². The van der Waals surface area contributed by atoms with Crippen LogP contribution in [0.25, 0.3) is 0 Å². The molecule has 0 bridgehead atoms.